The highest BCUT2D eigenvalue weighted by Crippen LogP contribution is 2.20. The third kappa shape index (κ3) is 5.54. The van der Waals surface area contributed by atoms with Crippen LogP contribution < -0.4 is 0 Å². The zero-order chi connectivity index (χ0) is 15.9. The van der Waals surface area contributed by atoms with Crippen LogP contribution >= 0.6 is 0 Å². The van der Waals surface area contributed by atoms with Crippen molar-refractivity contribution in [2.24, 2.45) is 5.92 Å². The molecule has 22 heavy (non-hydrogen) atoms. The molecule has 2 fully saturated rings. The van der Waals surface area contributed by atoms with Gasteiger partial charge in [-0.3, -0.25) is 4.79 Å². The van der Waals surface area contributed by atoms with Gasteiger partial charge in [0.2, 0.25) is 5.91 Å². The number of rotatable bonds is 7. The monoisotopic (exact) mass is 310 g/mol. The lowest BCUT2D eigenvalue weighted by Crippen LogP contribution is -2.40. The first-order valence-corrected chi connectivity index (χ1v) is 9.19. The van der Waals surface area contributed by atoms with Crippen LogP contribution in [0.15, 0.2) is 0 Å². The van der Waals surface area contributed by atoms with Crippen molar-refractivity contribution in [1.82, 2.24) is 9.80 Å². The molecule has 2 rings (SSSR count). The first-order valence-electron chi connectivity index (χ1n) is 9.19. The minimum absolute atomic E-state index is 0.312. The third-order valence-corrected chi connectivity index (χ3v) is 5.17. The number of hydrogen-bond acceptors (Lipinski definition) is 3. The molecule has 2 aliphatic rings. The van der Waals surface area contributed by atoms with E-state index in [0.29, 0.717) is 30.4 Å². The molecule has 0 unspecified atom stereocenters. The minimum Gasteiger partial charge on any atom is -0.379 e. The van der Waals surface area contributed by atoms with E-state index in [0.717, 1.165) is 39.0 Å². The van der Waals surface area contributed by atoms with Crippen molar-refractivity contribution in [3.63, 3.8) is 0 Å². The number of likely N-dealkylation sites (tertiary alicyclic amines) is 2. The van der Waals surface area contributed by atoms with Crippen molar-refractivity contribution in [2.75, 3.05) is 32.8 Å². The number of piperidine rings is 1. The molecule has 1 amide bonds. The summed E-state index contributed by atoms with van der Waals surface area (Å²) >= 11 is 0. The van der Waals surface area contributed by atoms with E-state index in [1.165, 1.54) is 25.9 Å². The van der Waals surface area contributed by atoms with Gasteiger partial charge in [-0.2, -0.15) is 0 Å². The summed E-state index contributed by atoms with van der Waals surface area (Å²) in [6.07, 6.45) is 6.88. The molecule has 2 aliphatic heterocycles. The summed E-state index contributed by atoms with van der Waals surface area (Å²) in [7, 11) is 0. The van der Waals surface area contributed by atoms with E-state index in [9.17, 15) is 4.79 Å². The molecule has 0 saturated carbocycles. The Morgan fingerprint density at radius 3 is 2.32 bits per heavy atom. The summed E-state index contributed by atoms with van der Waals surface area (Å²) in [6.45, 7) is 11.6. The second kappa shape index (κ2) is 8.88. The highest BCUT2D eigenvalue weighted by atomic mass is 16.5. The Bertz CT molecular complexity index is 332. The third-order valence-electron chi connectivity index (χ3n) is 5.17. The molecule has 1 atom stereocenters. The lowest BCUT2D eigenvalue weighted by Gasteiger charge is -2.33. The molecule has 0 bridgehead atoms. The Morgan fingerprint density at radius 1 is 1.09 bits per heavy atom. The molecule has 0 aromatic heterocycles. The highest BCUT2D eigenvalue weighted by Gasteiger charge is 2.24. The Hall–Kier alpha value is -0.610. The Labute approximate surface area is 136 Å². The van der Waals surface area contributed by atoms with Crippen molar-refractivity contribution in [1.29, 1.82) is 0 Å². The van der Waals surface area contributed by atoms with Gasteiger partial charge in [0.1, 0.15) is 0 Å². The van der Waals surface area contributed by atoms with Gasteiger partial charge >= 0.3 is 0 Å². The Morgan fingerprint density at radius 2 is 1.73 bits per heavy atom. The average Bonchev–Trinajstić information content (AvgIpc) is 3.05. The van der Waals surface area contributed by atoms with Crippen molar-refractivity contribution in [3.8, 4) is 0 Å². The zero-order valence-corrected chi connectivity index (χ0v) is 14.7. The van der Waals surface area contributed by atoms with E-state index in [-0.39, 0.29) is 0 Å². The summed E-state index contributed by atoms with van der Waals surface area (Å²) in [5.41, 5.74) is 0. The van der Waals surface area contributed by atoms with Gasteiger partial charge in [0.25, 0.3) is 0 Å². The SMILES string of the molecule is CC(C)OCC1CCN(C(=O)CC[C@H](C)N2CCCC2)CC1. The van der Waals surface area contributed by atoms with Crippen LogP contribution in [0.4, 0.5) is 0 Å². The minimum atomic E-state index is 0.312. The molecular formula is C18H34N2O2. The molecule has 0 aromatic rings. The molecule has 128 valence electrons. The van der Waals surface area contributed by atoms with E-state index in [2.05, 4.69) is 30.6 Å². The van der Waals surface area contributed by atoms with Crippen LogP contribution in [0.2, 0.25) is 0 Å². The van der Waals surface area contributed by atoms with Crippen LogP contribution in [-0.2, 0) is 9.53 Å². The lowest BCUT2D eigenvalue weighted by molar-refractivity contribution is -0.133. The second-order valence-electron chi connectivity index (χ2n) is 7.34. The number of hydrogen-bond donors (Lipinski definition) is 0. The van der Waals surface area contributed by atoms with Gasteiger partial charge in [-0.25, -0.2) is 0 Å². The second-order valence-corrected chi connectivity index (χ2v) is 7.34. The van der Waals surface area contributed by atoms with Gasteiger partial charge in [-0.1, -0.05) is 0 Å². The highest BCUT2D eigenvalue weighted by molar-refractivity contribution is 5.76. The van der Waals surface area contributed by atoms with Crippen LogP contribution in [0.3, 0.4) is 0 Å². The van der Waals surface area contributed by atoms with E-state index in [1.807, 2.05) is 0 Å². The zero-order valence-electron chi connectivity index (χ0n) is 14.7. The maximum atomic E-state index is 12.4. The largest absolute Gasteiger partial charge is 0.379 e. The predicted octanol–water partition coefficient (Wildman–Crippen LogP) is 2.91. The maximum absolute atomic E-state index is 12.4. The molecule has 2 heterocycles. The summed E-state index contributed by atoms with van der Waals surface area (Å²) in [5, 5.41) is 0. The first-order chi connectivity index (χ1) is 10.6. The topological polar surface area (TPSA) is 32.8 Å². The summed E-state index contributed by atoms with van der Waals surface area (Å²) < 4.78 is 5.70. The quantitative estimate of drug-likeness (QED) is 0.725. The summed E-state index contributed by atoms with van der Waals surface area (Å²) in [5.74, 6) is 0.990. The van der Waals surface area contributed by atoms with Crippen LogP contribution in [-0.4, -0.2) is 60.6 Å². The van der Waals surface area contributed by atoms with Gasteiger partial charge in [0, 0.05) is 32.2 Å². The van der Waals surface area contributed by atoms with Gasteiger partial charge < -0.3 is 14.5 Å². The van der Waals surface area contributed by atoms with Crippen molar-refractivity contribution in [2.45, 2.75) is 71.4 Å². The van der Waals surface area contributed by atoms with Crippen LogP contribution in [0.25, 0.3) is 0 Å². The molecule has 4 nitrogen and oxygen atoms in total. The molecule has 0 spiro atoms. The van der Waals surface area contributed by atoms with E-state index in [1.54, 1.807) is 0 Å². The number of carbonyl (C=O) groups excluding carboxylic acids is 1. The molecule has 2 saturated heterocycles. The smallest absolute Gasteiger partial charge is 0.222 e. The molecule has 0 aliphatic carbocycles. The number of nitrogens with zero attached hydrogens (tertiary/aromatic N) is 2. The summed E-state index contributed by atoms with van der Waals surface area (Å²) in [6, 6.07) is 0.559. The average molecular weight is 310 g/mol. The number of ether oxygens (including phenoxy) is 1. The van der Waals surface area contributed by atoms with Crippen LogP contribution in [0, 0.1) is 5.92 Å². The molecule has 0 N–H and O–H groups in total. The first kappa shape index (κ1) is 17.7. The van der Waals surface area contributed by atoms with Gasteiger partial charge in [-0.05, 0) is 71.9 Å². The molecule has 4 heteroatoms. The van der Waals surface area contributed by atoms with Gasteiger partial charge in [0.05, 0.1) is 6.10 Å². The van der Waals surface area contributed by atoms with Crippen LogP contribution in [0.5, 0.6) is 0 Å². The summed E-state index contributed by atoms with van der Waals surface area (Å²) in [4.78, 5) is 17.0. The maximum Gasteiger partial charge on any atom is 0.222 e. The van der Waals surface area contributed by atoms with Crippen molar-refractivity contribution < 1.29 is 9.53 Å². The number of amides is 1. The number of carbonyl (C=O) groups is 1. The lowest BCUT2D eigenvalue weighted by atomic mass is 9.97. The Kier molecular flexibility index (Phi) is 7.16. The molecular weight excluding hydrogens is 276 g/mol. The van der Waals surface area contributed by atoms with E-state index >= 15 is 0 Å². The van der Waals surface area contributed by atoms with Crippen molar-refractivity contribution >= 4 is 5.91 Å². The fourth-order valence-electron chi connectivity index (χ4n) is 3.53. The van der Waals surface area contributed by atoms with Gasteiger partial charge in [-0.15, -0.1) is 0 Å². The van der Waals surface area contributed by atoms with Crippen molar-refractivity contribution in [3.05, 3.63) is 0 Å². The van der Waals surface area contributed by atoms with E-state index in [4.69, 9.17) is 4.74 Å². The fourth-order valence-corrected chi connectivity index (χ4v) is 3.53. The molecule has 0 radical (unpaired) electrons. The molecule has 0 aromatic carbocycles. The van der Waals surface area contributed by atoms with E-state index < -0.39 is 0 Å². The standard InChI is InChI=1S/C18H34N2O2/c1-15(2)22-14-17-8-12-20(13-9-17)18(21)7-6-16(3)19-10-4-5-11-19/h15-17H,4-14H2,1-3H3/t16-/m0/s1. The fraction of sp³-hybridized carbons (Fsp3) is 0.944. The van der Waals surface area contributed by atoms with Gasteiger partial charge in [0.15, 0.2) is 0 Å². The van der Waals surface area contributed by atoms with Crippen LogP contribution in [0.1, 0.15) is 59.3 Å². The predicted molar refractivity (Wildman–Crippen MR) is 89.9 cm³/mol. The Balaban J connectivity index is 1.62. The normalized spacial score (nSPS) is 22.5.